The van der Waals surface area contributed by atoms with Gasteiger partial charge in [0.1, 0.15) is 17.1 Å². The maximum Gasteiger partial charge on any atom is 0.341 e. The van der Waals surface area contributed by atoms with Gasteiger partial charge in [-0.25, -0.2) is 4.79 Å². The Kier molecular flexibility index (Phi) is 6.75. The van der Waals surface area contributed by atoms with Gasteiger partial charge >= 0.3 is 5.97 Å². The van der Waals surface area contributed by atoms with E-state index in [1.165, 1.54) is 0 Å². The molecule has 1 fully saturated rings. The number of benzene rings is 2. The molecule has 0 spiro atoms. The van der Waals surface area contributed by atoms with Gasteiger partial charge in [-0.05, 0) is 42.7 Å². The Bertz CT molecular complexity index is 1050. The zero-order chi connectivity index (χ0) is 22.5. The highest BCUT2D eigenvalue weighted by Gasteiger charge is 2.29. The van der Waals surface area contributed by atoms with E-state index >= 15 is 0 Å². The molecule has 1 aliphatic rings. The van der Waals surface area contributed by atoms with Crippen molar-refractivity contribution in [2.75, 3.05) is 26.7 Å². The molecule has 32 heavy (non-hydrogen) atoms. The summed E-state index contributed by atoms with van der Waals surface area (Å²) >= 11 is 0. The highest BCUT2D eigenvalue weighted by atomic mass is 16.5. The molecule has 2 aromatic carbocycles. The van der Waals surface area contributed by atoms with Crippen molar-refractivity contribution >= 4 is 22.8 Å². The van der Waals surface area contributed by atoms with Crippen LogP contribution in [0.3, 0.4) is 0 Å². The Balaban J connectivity index is 1.48. The van der Waals surface area contributed by atoms with E-state index in [1.807, 2.05) is 60.5 Å². The quantitative estimate of drug-likeness (QED) is 0.552. The van der Waals surface area contributed by atoms with Gasteiger partial charge in [-0.15, -0.1) is 0 Å². The number of ether oxygens (including phenoxy) is 1. The average molecular weight is 437 g/mol. The number of hydrogen-bond acceptors (Lipinski definition) is 5. The van der Waals surface area contributed by atoms with Gasteiger partial charge in [0.05, 0.1) is 12.6 Å². The van der Waals surface area contributed by atoms with Gasteiger partial charge < -0.3 is 19.2 Å². The molecule has 3 aromatic rings. The largest absolute Gasteiger partial charge is 0.482 e. The van der Waals surface area contributed by atoms with Crippen molar-refractivity contribution in [3.63, 3.8) is 0 Å². The molecule has 1 aliphatic heterocycles. The van der Waals surface area contributed by atoms with Crippen LogP contribution < -0.4 is 4.74 Å². The zero-order valence-electron chi connectivity index (χ0n) is 18.2. The van der Waals surface area contributed by atoms with Crippen LogP contribution in [-0.4, -0.2) is 59.7 Å². The van der Waals surface area contributed by atoms with E-state index in [9.17, 15) is 9.59 Å². The molecule has 1 atom stereocenters. The van der Waals surface area contributed by atoms with E-state index < -0.39 is 5.97 Å². The molecule has 1 N–H and O–H groups in total. The first kappa shape index (κ1) is 21.9. The maximum atomic E-state index is 13.2. The molecule has 1 amide bonds. The standard InChI is InChI=1S/C25H28N2O5/c1-26(24(28)16-21-15-19-8-2-3-10-22(19)32-21)23(27-11-4-5-12-27)14-18-7-6-9-20(13-18)31-17-25(29)30/h2-3,6-10,13,15,23H,4-5,11-12,14,16-17H2,1H3,(H,29,30). The smallest absolute Gasteiger partial charge is 0.341 e. The number of likely N-dealkylation sites (tertiary alicyclic amines) is 1. The lowest BCUT2D eigenvalue weighted by atomic mass is 10.1. The predicted molar refractivity (Wildman–Crippen MR) is 121 cm³/mol. The van der Waals surface area contributed by atoms with Crippen LogP contribution in [0, 0.1) is 0 Å². The van der Waals surface area contributed by atoms with E-state index in [0.717, 1.165) is 42.5 Å². The van der Waals surface area contributed by atoms with Crippen molar-refractivity contribution < 1.29 is 23.8 Å². The molecule has 0 saturated carbocycles. The molecule has 1 aromatic heterocycles. The van der Waals surface area contributed by atoms with Crippen molar-refractivity contribution in [1.82, 2.24) is 9.80 Å². The molecule has 4 rings (SSSR count). The number of likely N-dealkylation sites (N-methyl/N-ethyl adjacent to an activating group) is 1. The van der Waals surface area contributed by atoms with E-state index in [1.54, 1.807) is 6.07 Å². The molecule has 0 aliphatic carbocycles. The van der Waals surface area contributed by atoms with Crippen molar-refractivity contribution in [3.05, 3.63) is 65.9 Å². The third kappa shape index (κ3) is 5.29. The summed E-state index contributed by atoms with van der Waals surface area (Å²) in [6.45, 7) is 1.51. The minimum atomic E-state index is -1.01. The van der Waals surface area contributed by atoms with Gasteiger partial charge in [0.2, 0.25) is 5.91 Å². The monoisotopic (exact) mass is 436 g/mol. The van der Waals surface area contributed by atoms with E-state index in [0.29, 0.717) is 17.9 Å². The number of hydrogen-bond donors (Lipinski definition) is 1. The molecule has 7 nitrogen and oxygen atoms in total. The van der Waals surface area contributed by atoms with Crippen molar-refractivity contribution in [2.45, 2.75) is 31.8 Å². The number of rotatable bonds is 9. The molecule has 0 radical (unpaired) electrons. The molecule has 168 valence electrons. The fourth-order valence-corrected chi connectivity index (χ4v) is 4.23. The second-order valence-electron chi connectivity index (χ2n) is 8.19. The van der Waals surface area contributed by atoms with E-state index in [-0.39, 0.29) is 25.1 Å². The molecule has 7 heteroatoms. The third-order valence-corrected chi connectivity index (χ3v) is 5.88. The highest BCUT2D eigenvalue weighted by molar-refractivity contribution is 5.82. The Morgan fingerprint density at radius 1 is 1.12 bits per heavy atom. The topological polar surface area (TPSA) is 83.2 Å². The SMILES string of the molecule is CN(C(=O)Cc1cc2ccccc2o1)C(Cc1cccc(OCC(=O)O)c1)N1CCCC1. The molecule has 1 saturated heterocycles. The molecular weight excluding hydrogens is 408 g/mol. The molecule has 0 bridgehead atoms. The fraction of sp³-hybridized carbons (Fsp3) is 0.360. The average Bonchev–Trinajstić information content (AvgIpc) is 3.45. The summed E-state index contributed by atoms with van der Waals surface area (Å²) in [6.07, 6.45) is 2.97. The summed E-state index contributed by atoms with van der Waals surface area (Å²) in [5.74, 6) is 0.161. The summed E-state index contributed by atoms with van der Waals surface area (Å²) in [6, 6.07) is 17.1. The first-order valence-corrected chi connectivity index (χ1v) is 10.9. The van der Waals surface area contributed by atoms with E-state index in [4.69, 9.17) is 14.3 Å². The van der Waals surface area contributed by atoms with Gasteiger partial charge in [0.25, 0.3) is 0 Å². The van der Waals surface area contributed by atoms with Gasteiger partial charge in [0.15, 0.2) is 6.61 Å². The Labute approximate surface area is 187 Å². The van der Waals surface area contributed by atoms with E-state index in [2.05, 4.69) is 4.90 Å². The number of furan rings is 1. The first-order chi connectivity index (χ1) is 15.5. The van der Waals surface area contributed by atoms with Gasteiger partial charge in [0, 0.05) is 31.9 Å². The van der Waals surface area contributed by atoms with Crippen LogP contribution >= 0.6 is 0 Å². The molecular formula is C25H28N2O5. The summed E-state index contributed by atoms with van der Waals surface area (Å²) in [5.41, 5.74) is 1.78. The van der Waals surface area contributed by atoms with Gasteiger partial charge in [-0.3, -0.25) is 9.69 Å². The number of amides is 1. The first-order valence-electron chi connectivity index (χ1n) is 10.9. The van der Waals surface area contributed by atoms with Crippen LogP contribution in [-0.2, 0) is 22.4 Å². The van der Waals surface area contributed by atoms with Crippen LogP contribution in [0.5, 0.6) is 5.75 Å². The lowest BCUT2D eigenvalue weighted by Gasteiger charge is -2.35. The Morgan fingerprint density at radius 2 is 1.91 bits per heavy atom. The zero-order valence-corrected chi connectivity index (χ0v) is 18.2. The van der Waals surface area contributed by atoms with Crippen LogP contribution in [0.1, 0.15) is 24.2 Å². The third-order valence-electron chi connectivity index (χ3n) is 5.88. The second-order valence-corrected chi connectivity index (χ2v) is 8.19. The van der Waals surface area contributed by atoms with Crippen molar-refractivity contribution in [1.29, 1.82) is 0 Å². The second kappa shape index (κ2) is 9.87. The number of carbonyl (C=O) groups is 2. The van der Waals surface area contributed by atoms with Crippen LogP contribution in [0.2, 0.25) is 0 Å². The summed E-state index contributed by atoms with van der Waals surface area (Å²) < 4.78 is 11.2. The maximum absolute atomic E-state index is 13.2. The fourth-order valence-electron chi connectivity index (χ4n) is 4.23. The minimum Gasteiger partial charge on any atom is -0.482 e. The van der Waals surface area contributed by atoms with Crippen LogP contribution in [0.4, 0.5) is 0 Å². The molecule has 1 unspecified atom stereocenters. The van der Waals surface area contributed by atoms with Crippen LogP contribution in [0.15, 0.2) is 59.0 Å². The number of carboxylic acids is 1. The van der Waals surface area contributed by atoms with Crippen LogP contribution in [0.25, 0.3) is 11.0 Å². The number of fused-ring (bicyclic) bond motifs is 1. The molecule has 2 heterocycles. The van der Waals surface area contributed by atoms with Gasteiger partial charge in [-0.2, -0.15) is 0 Å². The van der Waals surface area contributed by atoms with Crippen molar-refractivity contribution in [2.24, 2.45) is 0 Å². The lowest BCUT2D eigenvalue weighted by Crippen LogP contribution is -2.49. The minimum absolute atomic E-state index is 0.000706. The predicted octanol–water partition coefficient (Wildman–Crippen LogP) is 3.56. The highest BCUT2D eigenvalue weighted by Crippen LogP contribution is 2.23. The normalized spacial score (nSPS) is 15.0. The lowest BCUT2D eigenvalue weighted by molar-refractivity contribution is -0.139. The number of para-hydroxylation sites is 1. The number of carboxylic acid groups (broad SMARTS) is 1. The summed E-state index contributed by atoms with van der Waals surface area (Å²) in [5, 5.41) is 9.84. The number of carbonyl (C=O) groups excluding carboxylic acids is 1. The summed E-state index contributed by atoms with van der Waals surface area (Å²) in [4.78, 5) is 28.1. The number of aliphatic carboxylic acids is 1. The van der Waals surface area contributed by atoms with Gasteiger partial charge in [-0.1, -0.05) is 30.3 Å². The summed E-state index contributed by atoms with van der Waals surface area (Å²) in [7, 11) is 1.85. The van der Waals surface area contributed by atoms with Crippen molar-refractivity contribution in [3.8, 4) is 5.75 Å². The Morgan fingerprint density at radius 3 is 2.66 bits per heavy atom. The Hall–Kier alpha value is -3.32. The number of nitrogens with zero attached hydrogens (tertiary/aromatic N) is 2.